The van der Waals surface area contributed by atoms with E-state index < -0.39 is 0 Å². The molecule has 0 aliphatic carbocycles. The van der Waals surface area contributed by atoms with Crippen molar-refractivity contribution in [2.45, 2.75) is 13.3 Å². The molecule has 1 aliphatic heterocycles. The van der Waals surface area contributed by atoms with Crippen molar-refractivity contribution in [2.24, 2.45) is 4.99 Å². The molecule has 0 spiro atoms. The topological polar surface area (TPSA) is 61.7 Å². The van der Waals surface area contributed by atoms with E-state index in [9.17, 15) is 9.90 Å². The normalized spacial score (nSPS) is 17.7. The quantitative estimate of drug-likeness (QED) is 0.843. The molecule has 116 valence electrons. The predicted molar refractivity (Wildman–Crippen MR) is 94.7 cm³/mol. The number of carbonyl (C=O) groups excluding carboxylic acids is 1. The fourth-order valence-electron chi connectivity index (χ4n) is 2.15. The van der Waals surface area contributed by atoms with Crippen molar-refractivity contribution in [1.82, 2.24) is 5.32 Å². The lowest BCUT2D eigenvalue weighted by Gasteiger charge is -1.99. The van der Waals surface area contributed by atoms with E-state index in [1.165, 1.54) is 17.3 Å². The largest absolute Gasteiger partial charge is 0.507 e. The summed E-state index contributed by atoms with van der Waals surface area (Å²) < 4.78 is 0. The number of aliphatic imine (C=N–C) groups is 1. The number of carbonyl (C=O) groups is 1. The molecule has 0 unspecified atom stereocenters. The fourth-order valence-corrected chi connectivity index (χ4v) is 2.99. The van der Waals surface area contributed by atoms with Gasteiger partial charge in [0, 0.05) is 5.56 Å². The van der Waals surface area contributed by atoms with Gasteiger partial charge in [-0.2, -0.15) is 0 Å². The van der Waals surface area contributed by atoms with Crippen LogP contribution in [-0.4, -0.2) is 16.2 Å². The highest BCUT2D eigenvalue weighted by molar-refractivity contribution is 8.18. The summed E-state index contributed by atoms with van der Waals surface area (Å²) in [6.45, 7) is 2.10. The predicted octanol–water partition coefficient (Wildman–Crippen LogP) is 3.85. The van der Waals surface area contributed by atoms with Gasteiger partial charge in [-0.25, -0.2) is 4.99 Å². The van der Waals surface area contributed by atoms with Crippen LogP contribution in [0, 0.1) is 0 Å². The highest BCUT2D eigenvalue weighted by Crippen LogP contribution is 2.30. The maximum absolute atomic E-state index is 12.0. The first kappa shape index (κ1) is 15.4. The number of rotatable bonds is 3. The molecule has 1 heterocycles. The lowest BCUT2D eigenvalue weighted by Crippen LogP contribution is -2.19. The van der Waals surface area contributed by atoms with Crippen molar-refractivity contribution in [3.05, 3.63) is 64.6 Å². The molecular weight excluding hydrogens is 308 g/mol. The Morgan fingerprint density at radius 1 is 1.17 bits per heavy atom. The van der Waals surface area contributed by atoms with Crippen LogP contribution in [0.25, 0.3) is 6.08 Å². The Balaban J connectivity index is 1.81. The van der Waals surface area contributed by atoms with Crippen LogP contribution in [0.2, 0.25) is 0 Å². The second-order valence-corrected chi connectivity index (χ2v) is 6.09. The molecule has 1 fully saturated rings. The third-order valence-electron chi connectivity index (χ3n) is 3.45. The summed E-state index contributed by atoms with van der Waals surface area (Å²) in [6.07, 6.45) is 2.65. The van der Waals surface area contributed by atoms with Gasteiger partial charge in [0.25, 0.3) is 5.91 Å². The lowest BCUT2D eigenvalue weighted by molar-refractivity contribution is -0.115. The molecule has 0 radical (unpaired) electrons. The van der Waals surface area contributed by atoms with Crippen molar-refractivity contribution in [3.8, 4) is 5.75 Å². The van der Waals surface area contributed by atoms with Gasteiger partial charge >= 0.3 is 0 Å². The summed E-state index contributed by atoms with van der Waals surface area (Å²) in [5.41, 5.74) is 2.66. The first-order chi connectivity index (χ1) is 11.2. The van der Waals surface area contributed by atoms with Crippen molar-refractivity contribution in [3.63, 3.8) is 0 Å². The van der Waals surface area contributed by atoms with E-state index in [1.807, 2.05) is 30.3 Å². The minimum Gasteiger partial charge on any atom is -0.507 e. The lowest BCUT2D eigenvalue weighted by atomic mass is 10.2. The Hall–Kier alpha value is -2.53. The number of phenolic OH excluding ortho intramolecular Hbond substituents is 1. The Kier molecular flexibility index (Phi) is 4.48. The van der Waals surface area contributed by atoms with Gasteiger partial charge < -0.3 is 10.4 Å². The van der Waals surface area contributed by atoms with Crippen LogP contribution < -0.4 is 5.32 Å². The van der Waals surface area contributed by atoms with Crippen LogP contribution in [0.5, 0.6) is 5.75 Å². The van der Waals surface area contributed by atoms with E-state index in [4.69, 9.17) is 0 Å². The Bertz CT molecular complexity index is 795. The van der Waals surface area contributed by atoms with Crippen LogP contribution in [0.1, 0.15) is 18.1 Å². The summed E-state index contributed by atoms with van der Waals surface area (Å²) in [6, 6.07) is 14.8. The molecule has 3 rings (SSSR count). The van der Waals surface area contributed by atoms with Gasteiger partial charge in [-0.05, 0) is 48.0 Å². The SMILES string of the molecule is CCc1ccc(N=C2NC(=O)/C(=C\c3ccccc3O)S2)cc1. The third-order valence-corrected chi connectivity index (χ3v) is 4.36. The van der Waals surface area contributed by atoms with E-state index in [-0.39, 0.29) is 11.7 Å². The van der Waals surface area contributed by atoms with Crippen LogP contribution in [0.3, 0.4) is 0 Å². The number of amidine groups is 1. The molecule has 2 aromatic rings. The van der Waals surface area contributed by atoms with Crippen molar-refractivity contribution < 1.29 is 9.90 Å². The number of amides is 1. The molecule has 0 saturated carbocycles. The van der Waals surface area contributed by atoms with Gasteiger partial charge in [0.2, 0.25) is 0 Å². The number of hydrogen-bond donors (Lipinski definition) is 2. The van der Waals surface area contributed by atoms with Crippen molar-refractivity contribution in [2.75, 3.05) is 0 Å². The summed E-state index contributed by atoms with van der Waals surface area (Å²) in [7, 11) is 0. The number of nitrogens with one attached hydrogen (secondary N) is 1. The second kappa shape index (κ2) is 6.71. The second-order valence-electron chi connectivity index (χ2n) is 5.06. The van der Waals surface area contributed by atoms with Gasteiger partial charge in [-0.3, -0.25) is 4.79 Å². The maximum Gasteiger partial charge on any atom is 0.264 e. The van der Waals surface area contributed by atoms with Crippen LogP contribution >= 0.6 is 11.8 Å². The van der Waals surface area contributed by atoms with Crippen LogP contribution in [0.4, 0.5) is 5.69 Å². The number of para-hydroxylation sites is 1. The Morgan fingerprint density at radius 2 is 1.91 bits per heavy atom. The molecule has 23 heavy (non-hydrogen) atoms. The maximum atomic E-state index is 12.0. The molecule has 0 bridgehead atoms. The molecule has 1 aliphatic rings. The van der Waals surface area contributed by atoms with Gasteiger partial charge in [-0.1, -0.05) is 37.3 Å². The average Bonchev–Trinajstić information content (AvgIpc) is 2.90. The van der Waals surface area contributed by atoms with Gasteiger partial charge in [0.15, 0.2) is 5.17 Å². The zero-order chi connectivity index (χ0) is 16.2. The summed E-state index contributed by atoms with van der Waals surface area (Å²) in [4.78, 5) is 17.0. The third kappa shape index (κ3) is 3.63. The number of aryl methyl sites for hydroxylation is 1. The Morgan fingerprint density at radius 3 is 2.61 bits per heavy atom. The number of thioether (sulfide) groups is 1. The first-order valence-electron chi connectivity index (χ1n) is 7.32. The van der Waals surface area contributed by atoms with Crippen LogP contribution in [0.15, 0.2) is 58.4 Å². The molecule has 1 saturated heterocycles. The number of phenols is 1. The molecule has 1 amide bonds. The smallest absolute Gasteiger partial charge is 0.264 e. The summed E-state index contributed by atoms with van der Waals surface area (Å²) in [5, 5.41) is 13.1. The van der Waals surface area contributed by atoms with Crippen LogP contribution in [-0.2, 0) is 11.2 Å². The van der Waals surface area contributed by atoms with E-state index in [0.29, 0.717) is 15.6 Å². The average molecular weight is 324 g/mol. The minimum atomic E-state index is -0.206. The van der Waals surface area contributed by atoms with E-state index >= 15 is 0 Å². The van der Waals surface area contributed by atoms with Gasteiger partial charge in [0.05, 0.1) is 10.6 Å². The molecule has 5 heteroatoms. The number of hydrogen-bond acceptors (Lipinski definition) is 4. The number of benzene rings is 2. The van der Waals surface area contributed by atoms with E-state index in [1.54, 1.807) is 24.3 Å². The monoisotopic (exact) mass is 324 g/mol. The molecule has 0 atom stereocenters. The van der Waals surface area contributed by atoms with Crippen molar-refractivity contribution >= 4 is 34.6 Å². The highest BCUT2D eigenvalue weighted by atomic mass is 32.2. The number of aromatic hydroxyl groups is 1. The highest BCUT2D eigenvalue weighted by Gasteiger charge is 2.24. The summed E-state index contributed by atoms with van der Waals surface area (Å²) in [5.74, 6) is -0.0591. The molecule has 4 nitrogen and oxygen atoms in total. The van der Waals surface area contributed by atoms with E-state index in [0.717, 1.165) is 12.1 Å². The van der Waals surface area contributed by atoms with E-state index in [2.05, 4.69) is 17.2 Å². The van der Waals surface area contributed by atoms with Gasteiger partial charge in [0.1, 0.15) is 5.75 Å². The zero-order valence-corrected chi connectivity index (χ0v) is 13.4. The van der Waals surface area contributed by atoms with Gasteiger partial charge in [-0.15, -0.1) is 0 Å². The fraction of sp³-hybridized carbons (Fsp3) is 0.111. The summed E-state index contributed by atoms with van der Waals surface area (Å²) >= 11 is 1.27. The molecule has 0 aromatic heterocycles. The standard InChI is InChI=1S/C18H16N2O2S/c1-2-12-7-9-14(10-8-12)19-18-20-17(22)16(23-18)11-13-5-3-4-6-15(13)21/h3-11,21H,2H2,1H3,(H,19,20,22)/b16-11+. The zero-order valence-electron chi connectivity index (χ0n) is 12.6. The minimum absolute atomic E-state index is 0.147. The molecular formula is C18H16N2O2S. The Labute approximate surface area is 139 Å². The van der Waals surface area contributed by atoms with Crippen molar-refractivity contribution in [1.29, 1.82) is 0 Å². The number of nitrogens with zero attached hydrogens (tertiary/aromatic N) is 1. The molecule has 2 aromatic carbocycles. The molecule has 2 N–H and O–H groups in total. The first-order valence-corrected chi connectivity index (χ1v) is 8.14.